The van der Waals surface area contributed by atoms with Crippen LogP contribution in [0.25, 0.3) is 6.08 Å². The Kier molecular flexibility index (Phi) is 4.63. The number of aromatic nitrogens is 1. The molecule has 0 saturated carbocycles. The largest absolute Gasteiger partial charge is 0.261 e. The van der Waals surface area contributed by atoms with Gasteiger partial charge in [-0.1, -0.05) is 25.0 Å². The van der Waals surface area contributed by atoms with E-state index in [0.29, 0.717) is 0 Å². The molecule has 0 amide bonds. The number of aryl methyl sites for hydroxylation is 1. The van der Waals surface area contributed by atoms with Gasteiger partial charge in [0, 0.05) is 18.3 Å². The number of pyridine rings is 1. The topological polar surface area (TPSA) is 12.9 Å². The lowest BCUT2D eigenvalue weighted by molar-refractivity contribution is 1.13. The summed E-state index contributed by atoms with van der Waals surface area (Å²) in [7, 11) is 0. The highest BCUT2D eigenvalue weighted by atomic mass is 14.7. The maximum Gasteiger partial charge on any atom is 0.0447 e. The van der Waals surface area contributed by atoms with Crippen molar-refractivity contribution >= 4 is 6.08 Å². The third-order valence-electron chi connectivity index (χ3n) is 2.26. The number of hydrogen-bond donors (Lipinski definition) is 0. The van der Waals surface area contributed by atoms with Gasteiger partial charge in [-0.05, 0) is 37.5 Å². The molecule has 1 heterocycles. The molecule has 0 atom stereocenters. The Morgan fingerprint density at radius 3 is 2.93 bits per heavy atom. The molecular formula is C14H17N. The van der Waals surface area contributed by atoms with E-state index in [0.717, 1.165) is 18.5 Å². The molecule has 0 aromatic carbocycles. The molecule has 0 spiro atoms. The van der Waals surface area contributed by atoms with E-state index in [-0.39, 0.29) is 0 Å². The Morgan fingerprint density at radius 2 is 2.27 bits per heavy atom. The van der Waals surface area contributed by atoms with E-state index in [2.05, 4.69) is 35.9 Å². The molecule has 1 heteroatoms. The van der Waals surface area contributed by atoms with Crippen molar-refractivity contribution in [3.05, 3.63) is 35.2 Å². The third kappa shape index (κ3) is 3.25. The zero-order valence-corrected chi connectivity index (χ0v) is 9.67. The van der Waals surface area contributed by atoms with E-state index in [1.165, 1.54) is 11.1 Å². The Morgan fingerprint density at radius 1 is 1.47 bits per heavy atom. The van der Waals surface area contributed by atoms with Crippen molar-refractivity contribution in [3.8, 4) is 11.8 Å². The van der Waals surface area contributed by atoms with Crippen molar-refractivity contribution in [1.82, 2.24) is 4.98 Å². The summed E-state index contributed by atoms with van der Waals surface area (Å²) in [6.45, 7) is 6.04. The van der Waals surface area contributed by atoms with E-state index < -0.39 is 0 Å². The standard InChI is InChI=1S/C14H17N/c1-4-6-8-13-10-11-15-12(3)14(13)9-7-5-2/h7,9-11H,5,8H2,1-3H3/b9-7-. The fraction of sp³-hybridized carbons (Fsp3) is 0.357. The molecule has 0 radical (unpaired) electrons. The number of hydrogen-bond acceptors (Lipinski definition) is 1. The van der Waals surface area contributed by atoms with Crippen molar-refractivity contribution in [1.29, 1.82) is 0 Å². The lowest BCUT2D eigenvalue weighted by Gasteiger charge is -2.05. The number of allylic oxidation sites excluding steroid dienone is 1. The van der Waals surface area contributed by atoms with Gasteiger partial charge in [0.15, 0.2) is 0 Å². The third-order valence-corrected chi connectivity index (χ3v) is 2.26. The first kappa shape index (κ1) is 11.5. The number of rotatable bonds is 3. The normalized spacial score (nSPS) is 10.1. The van der Waals surface area contributed by atoms with Crippen molar-refractivity contribution in [3.63, 3.8) is 0 Å². The fourth-order valence-electron chi connectivity index (χ4n) is 1.43. The van der Waals surface area contributed by atoms with E-state index in [1.807, 2.05) is 26.1 Å². The van der Waals surface area contributed by atoms with E-state index in [9.17, 15) is 0 Å². The minimum absolute atomic E-state index is 0.809. The lowest BCUT2D eigenvalue weighted by Crippen LogP contribution is -1.93. The molecule has 0 aliphatic rings. The zero-order valence-electron chi connectivity index (χ0n) is 9.67. The van der Waals surface area contributed by atoms with E-state index in [1.54, 1.807) is 0 Å². The molecule has 78 valence electrons. The first-order valence-electron chi connectivity index (χ1n) is 5.30. The molecule has 1 rings (SSSR count). The monoisotopic (exact) mass is 199 g/mol. The SMILES string of the molecule is CC#CCc1ccnc(C)c1/C=C\CC. The summed E-state index contributed by atoms with van der Waals surface area (Å²) in [4.78, 5) is 4.30. The quantitative estimate of drug-likeness (QED) is 0.680. The van der Waals surface area contributed by atoms with Crippen molar-refractivity contribution in [2.24, 2.45) is 0 Å². The molecule has 0 aliphatic heterocycles. The van der Waals surface area contributed by atoms with Crippen LogP contribution in [-0.4, -0.2) is 4.98 Å². The van der Waals surface area contributed by atoms with Crippen LogP contribution in [0.1, 0.15) is 37.1 Å². The van der Waals surface area contributed by atoms with E-state index >= 15 is 0 Å². The van der Waals surface area contributed by atoms with Crippen LogP contribution in [0.4, 0.5) is 0 Å². The average Bonchev–Trinajstić information content (AvgIpc) is 2.25. The summed E-state index contributed by atoms with van der Waals surface area (Å²) in [6.07, 6.45) is 8.02. The predicted octanol–water partition coefficient (Wildman–Crippen LogP) is 3.38. The minimum Gasteiger partial charge on any atom is -0.261 e. The summed E-state index contributed by atoms with van der Waals surface area (Å²) in [5, 5.41) is 0. The van der Waals surface area contributed by atoms with Crippen LogP contribution in [0, 0.1) is 18.8 Å². The molecule has 0 fully saturated rings. The summed E-state index contributed by atoms with van der Waals surface area (Å²) >= 11 is 0. The van der Waals surface area contributed by atoms with Crippen LogP contribution in [-0.2, 0) is 6.42 Å². The molecule has 0 unspecified atom stereocenters. The second-order valence-corrected chi connectivity index (χ2v) is 3.38. The Balaban J connectivity index is 3.06. The molecule has 0 aliphatic carbocycles. The van der Waals surface area contributed by atoms with Gasteiger partial charge in [0.2, 0.25) is 0 Å². The summed E-state index contributed by atoms with van der Waals surface area (Å²) in [5.41, 5.74) is 3.57. The molecule has 1 nitrogen and oxygen atoms in total. The minimum atomic E-state index is 0.809. The zero-order chi connectivity index (χ0) is 11.1. The first-order chi connectivity index (χ1) is 7.29. The molecule has 0 bridgehead atoms. The lowest BCUT2D eigenvalue weighted by atomic mass is 10.0. The van der Waals surface area contributed by atoms with Crippen molar-refractivity contribution in [2.75, 3.05) is 0 Å². The number of nitrogens with zero attached hydrogens (tertiary/aromatic N) is 1. The van der Waals surface area contributed by atoms with Crippen molar-refractivity contribution in [2.45, 2.75) is 33.6 Å². The predicted molar refractivity (Wildman–Crippen MR) is 65.5 cm³/mol. The van der Waals surface area contributed by atoms with Gasteiger partial charge in [0.05, 0.1) is 0 Å². The molecule has 0 saturated heterocycles. The summed E-state index contributed by atoms with van der Waals surface area (Å²) in [5.74, 6) is 6.02. The van der Waals surface area contributed by atoms with Crippen LogP contribution in [0.3, 0.4) is 0 Å². The highest BCUT2D eigenvalue weighted by molar-refractivity contribution is 5.56. The maximum atomic E-state index is 4.30. The summed E-state index contributed by atoms with van der Waals surface area (Å²) in [6, 6.07) is 2.05. The van der Waals surface area contributed by atoms with Gasteiger partial charge in [-0.3, -0.25) is 4.98 Å². The molecular weight excluding hydrogens is 182 g/mol. The highest BCUT2D eigenvalue weighted by Crippen LogP contribution is 2.14. The van der Waals surface area contributed by atoms with Crippen LogP contribution in [0.2, 0.25) is 0 Å². The second-order valence-electron chi connectivity index (χ2n) is 3.38. The fourth-order valence-corrected chi connectivity index (χ4v) is 1.43. The first-order valence-corrected chi connectivity index (χ1v) is 5.30. The van der Waals surface area contributed by atoms with Gasteiger partial charge < -0.3 is 0 Å². The van der Waals surface area contributed by atoms with Crippen LogP contribution >= 0.6 is 0 Å². The Hall–Kier alpha value is -1.55. The Bertz CT molecular complexity index is 405. The summed E-state index contributed by atoms with van der Waals surface area (Å²) < 4.78 is 0. The average molecular weight is 199 g/mol. The van der Waals surface area contributed by atoms with Crippen LogP contribution < -0.4 is 0 Å². The van der Waals surface area contributed by atoms with Crippen LogP contribution in [0.15, 0.2) is 18.3 Å². The van der Waals surface area contributed by atoms with Gasteiger partial charge >= 0.3 is 0 Å². The molecule has 15 heavy (non-hydrogen) atoms. The molecule has 1 aromatic rings. The van der Waals surface area contributed by atoms with Crippen LogP contribution in [0.5, 0.6) is 0 Å². The molecule has 0 N–H and O–H groups in total. The van der Waals surface area contributed by atoms with Gasteiger partial charge in [0.1, 0.15) is 0 Å². The van der Waals surface area contributed by atoms with Gasteiger partial charge in [-0.2, -0.15) is 0 Å². The smallest absolute Gasteiger partial charge is 0.0447 e. The maximum absolute atomic E-state index is 4.30. The van der Waals surface area contributed by atoms with Gasteiger partial charge in [-0.15, -0.1) is 5.92 Å². The molecule has 1 aromatic heterocycles. The van der Waals surface area contributed by atoms with Crippen molar-refractivity contribution < 1.29 is 0 Å². The second kappa shape index (κ2) is 6.03. The van der Waals surface area contributed by atoms with Gasteiger partial charge in [-0.25, -0.2) is 0 Å². The highest BCUT2D eigenvalue weighted by Gasteiger charge is 2.01. The van der Waals surface area contributed by atoms with Gasteiger partial charge in [0.25, 0.3) is 0 Å². The van der Waals surface area contributed by atoms with E-state index in [4.69, 9.17) is 0 Å². The Labute approximate surface area is 92.2 Å².